The molecule has 1 N–H and O–H groups in total. The first-order valence-corrected chi connectivity index (χ1v) is 14.4. The predicted molar refractivity (Wildman–Crippen MR) is 134 cm³/mol. The number of carbonyl (C=O) groups is 2. The number of halogens is 3. The van der Waals surface area contributed by atoms with Gasteiger partial charge in [0, 0.05) is 37.6 Å². The number of likely N-dealkylation sites (tertiary alicyclic amines) is 1. The Morgan fingerprint density at radius 2 is 1.81 bits per heavy atom. The number of nitrogens with one attached hydrogen (secondary N) is 1. The van der Waals surface area contributed by atoms with E-state index in [0.717, 1.165) is 12.1 Å². The second-order valence-electron chi connectivity index (χ2n) is 10.8. The molecule has 1 aromatic carbocycles. The van der Waals surface area contributed by atoms with Crippen LogP contribution in [0.2, 0.25) is 0 Å². The van der Waals surface area contributed by atoms with Gasteiger partial charge in [-0.25, -0.2) is 8.42 Å². The molecule has 3 rings (SSSR count). The summed E-state index contributed by atoms with van der Waals surface area (Å²) in [5.74, 6) is -0.124. The molecular formula is C26H38F3N3O4S. The summed E-state index contributed by atoms with van der Waals surface area (Å²) in [6, 6.07) is 2.56. The van der Waals surface area contributed by atoms with Gasteiger partial charge < -0.3 is 10.2 Å². The monoisotopic (exact) mass is 545 g/mol. The van der Waals surface area contributed by atoms with Crippen LogP contribution in [0.4, 0.5) is 13.2 Å². The molecule has 1 aliphatic carbocycles. The number of Topliss-reactive ketones (excluding diaryl/α,β-unsaturated/α-hetero) is 1. The predicted octanol–water partition coefficient (Wildman–Crippen LogP) is 4.08. The quantitative estimate of drug-likeness (QED) is 0.453. The first kappa shape index (κ1) is 29.6. The maximum atomic E-state index is 13.6. The van der Waals surface area contributed by atoms with Gasteiger partial charge in [-0.05, 0) is 63.1 Å². The maximum Gasteiger partial charge on any atom is 0.416 e. The van der Waals surface area contributed by atoms with Crippen LogP contribution in [-0.4, -0.2) is 67.1 Å². The zero-order chi connectivity index (χ0) is 27.5. The van der Waals surface area contributed by atoms with Gasteiger partial charge in [0.2, 0.25) is 15.9 Å². The number of carbonyl (C=O) groups excluding carboxylic acids is 2. The highest BCUT2D eigenvalue weighted by molar-refractivity contribution is 7.89. The molecule has 0 radical (unpaired) electrons. The normalized spacial score (nSPS) is 20.8. The van der Waals surface area contributed by atoms with E-state index in [1.165, 1.54) is 17.3 Å². The molecule has 2 aliphatic rings. The van der Waals surface area contributed by atoms with Crippen LogP contribution in [0.15, 0.2) is 29.2 Å². The van der Waals surface area contributed by atoms with Crippen LogP contribution in [0.3, 0.4) is 0 Å². The number of hydrogen-bond donors (Lipinski definition) is 1. The number of ketones is 1. The molecule has 3 atom stereocenters. The van der Waals surface area contributed by atoms with Crippen molar-refractivity contribution in [3.8, 4) is 0 Å². The largest absolute Gasteiger partial charge is 0.416 e. The highest BCUT2D eigenvalue weighted by atomic mass is 32.2. The van der Waals surface area contributed by atoms with Gasteiger partial charge in [-0.3, -0.25) is 9.59 Å². The van der Waals surface area contributed by atoms with Crippen LogP contribution >= 0.6 is 0 Å². The molecule has 0 aromatic heterocycles. The lowest BCUT2D eigenvalue weighted by molar-refractivity contribution is -0.138. The highest BCUT2D eigenvalue weighted by Crippen LogP contribution is 2.38. The molecule has 0 spiro atoms. The van der Waals surface area contributed by atoms with Crippen LogP contribution in [0, 0.1) is 11.8 Å². The SMILES string of the molecule is CC(=O)C(C)CNC(CC(C)C)C(=O)N1CCCC(N(C2CC2)S(=O)(=O)c2cccc(C(F)(F)F)c2)C1. The summed E-state index contributed by atoms with van der Waals surface area (Å²) < 4.78 is 68.4. The van der Waals surface area contributed by atoms with E-state index in [1.54, 1.807) is 11.8 Å². The number of rotatable bonds is 11. The Balaban J connectivity index is 1.81. The molecule has 1 saturated carbocycles. The van der Waals surface area contributed by atoms with Crippen LogP contribution in [-0.2, 0) is 25.8 Å². The van der Waals surface area contributed by atoms with Gasteiger partial charge in [-0.1, -0.05) is 26.8 Å². The lowest BCUT2D eigenvalue weighted by Crippen LogP contribution is -2.56. The average Bonchev–Trinajstić information content (AvgIpc) is 3.65. The Bertz CT molecular complexity index is 1070. The highest BCUT2D eigenvalue weighted by Gasteiger charge is 2.45. The molecule has 2 fully saturated rings. The number of amides is 1. The zero-order valence-corrected chi connectivity index (χ0v) is 22.7. The van der Waals surface area contributed by atoms with Gasteiger partial charge in [0.25, 0.3) is 0 Å². The van der Waals surface area contributed by atoms with Gasteiger partial charge in [0.15, 0.2) is 0 Å². The van der Waals surface area contributed by atoms with Crippen molar-refractivity contribution in [1.29, 1.82) is 0 Å². The van der Waals surface area contributed by atoms with Crippen molar-refractivity contribution in [3.63, 3.8) is 0 Å². The Kier molecular flexibility index (Phi) is 9.45. The minimum Gasteiger partial charge on any atom is -0.340 e. The Labute approximate surface area is 217 Å². The third kappa shape index (κ3) is 7.54. The fraction of sp³-hybridized carbons (Fsp3) is 0.692. The molecule has 37 heavy (non-hydrogen) atoms. The third-order valence-corrected chi connectivity index (χ3v) is 9.08. The fourth-order valence-electron chi connectivity index (χ4n) is 4.76. The number of benzene rings is 1. The Morgan fingerprint density at radius 3 is 2.38 bits per heavy atom. The number of hydrogen-bond acceptors (Lipinski definition) is 5. The lowest BCUT2D eigenvalue weighted by atomic mass is 9.99. The van der Waals surface area contributed by atoms with Crippen molar-refractivity contribution in [1.82, 2.24) is 14.5 Å². The molecule has 1 aromatic rings. The topological polar surface area (TPSA) is 86.8 Å². The van der Waals surface area contributed by atoms with Crippen LogP contribution < -0.4 is 5.32 Å². The van der Waals surface area contributed by atoms with Gasteiger partial charge in [-0.15, -0.1) is 0 Å². The van der Waals surface area contributed by atoms with E-state index in [-0.39, 0.29) is 41.0 Å². The van der Waals surface area contributed by atoms with E-state index in [2.05, 4.69) is 5.32 Å². The van der Waals surface area contributed by atoms with Crippen molar-refractivity contribution in [2.45, 2.75) is 89.0 Å². The molecule has 1 saturated heterocycles. The van der Waals surface area contributed by atoms with Crippen molar-refractivity contribution in [2.75, 3.05) is 19.6 Å². The number of sulfonamides is 1. The Hall–Kier alpha value is -1.98. The molecule has 7 nitrogen and oxygen atoms in total. The van der Waals surface area contributed by atoms with E-state index < -0.39 is 33.8 Å². The smallest absolute Gasteiger partial charge is 0.340 e. The summed E-state index contributed by atoms with van der Waals surface area (Å²) in [5.41, 5.74) is -1.01. The van der Waals surface area contributed by atoms with Crippen molar-refractivity contribution in [2.24, 2.45) is 11.8 Å². The van der Waals surface area contributed by atoms with Crippen LogP contribution in [0.1, 0.15) is 65.4 Å². The summed E-state index contributed by atoms with van der Waals surface area (Å²) in [4.78, 5) is 26.5. The first-order valence-electron chi connectivity index (χ1n) is 12.9. The van der Waals surface area contributed by atoms with Crippen molar-refractivity contribution < 1.29 is 31.2 Å². The van der Waals surface area contributed by atoms with E-state index in [9.17, 15) is 31.2 Å². The van der Waals surface area contributed by atoms with Crippen molar-refractivity contribution in [3.05, 3.63) is 29.8 Å². The standard InChI is InChI=1S/C26H38F3N3O4S/c1-17(2)13-24(30-15-18(3)19(4)33)25(34)31-12-6-8-22(16-31)32(21-10-11-21)37(35,36)23-9-5-7-20(14-23)26(27,28)29/h5,7,9,14,17-18,21-22,24,30H,6,8,10-13,15-16H2,1-4H3. The summed E-state index contributed by atoms with van der Waals surface area (Å²) in [7, 11) is -4.20. The molecular weight excluding hydrogens is 507 g/mol. The van der Waals surface area contributed by atoms with E-state index >= 15 is 0 Å². The second-order valence-corrected chi connectivity index (χ2v) is 12.6. The summed E-state index contributed by atoms with van der Waals surface area (Å²) in [6.07, 6.45) is -1.67. The average molecular weight is 546 g/mol. The number of alkyl halides is 3. The minimum atomic E-state index is -4.65. The lowest BCUT2D eigenvalue weighted by Gasteiger charge is -2.40. The van der Waals surface area contributed by atoms with Gasteiger partial charge in [0.1, 0.15) is 5.78 Å². The molecule has 1 aliphatic heterocycles. The minimum absolute atomic E-state index is 0.0288. The number of piperidine rings is 1. The van der Waals surface area contributed by atoms with Gasteiger partial charge in [0.05, 0.1) is 16.5 Å². The van der Waals surface area contributed by atoms with E-state index in [1.807, 2.05) is 13.8 Å². The fourth-order valence-corrected chi connectivity index (χ4v) is 6.70. The summed E-state index contributed by atoms with van der Waals surface area (Å²) in [6.45, 7) is 8.36. The van der Waals surface area contributed by atoms with Gasteiger partial charge >= 0.3 is 6.18 Å². The molecule has 0 bridgehead atoms. The molecule has 208 valence electrons. The van der Waals surface area contributed by atoms with Crippen molar-refractivity contribution >= 4 is 21.7 Å². The first-order chi connectivity index (χ1) is 17.2. The molecule has 3 unspecified atom stereocenters. The second kappa shape index (κ2) is 11.8. The van der Waals surface area contributed by atoms with Crippen LogP contribution in [0.25, 0.3) is 0 Å². The molecule has 1 heterocycles. The summed E-state index contributed by atoms with van der Waals surface area (Å²) in [5, 5.41) is 3.23. The molecule has 1 amide bonds. The van der Waals surface area contributed by atoms with Gasteiger partial charge in [-0.2, -0.15) is 17.5 Å². The third-order valence-electron chi connectivity index (χ3n) is 7.08. The maximum absolute atomic E-state index is 13.6. The zero-order valence-electron chi connectivity index (χ0n) is 21.9. The van der Waals surface area contributed by atoms with Crippen LogP contribution in [0.5, 0.6) is 0 Å². The number of nitrogens with zero attached hydrogens (tertiary/aromatic N) is 2. The molecule has 11 heteroatoms. The summed E-state index contributed by atoms with van der Waals surface area (Å²) >= 11 is 0. The van der Waals surface area contributed by atoms with E-state index in [4.69, 9.17) is 0 Å². The van der Waals surface area contributed by atoms with E-state index in [0.29, 0.717) is 51.3 Å². The Morgan fingerprint density at radius 1 is 1.14 bits per heavy atom.